The van der Waals surface area contributed by atoms with Gasteiger partial charge in [0.25, 0.3) is 16.7 Å². The second kappa shape index (κ2) is 10.2. The van der Waals surface area contributed by atoms with Crippen molar-refractivity contribution in [2.75, 3.05) is 32.2 Å². The van der Waals surface area contributed by atoms with Crippen LogP contribution in [0.2, 0.25) is 0 Å². The van der Waals surface area contributed by atoms with Crippen LogP contribution in [0.5, 0.6) is 5.88 Å². The number of methoxy groups -OCH3 is 1. The zero-order valence-corrected chi connectivity index (χ0v) is 18.4. The van der Waals surface area contributed by atoms with Crippen molar-refractivity contribution in [2.45, 2.75) is 6.42 Å². The zero-order chi connectivity index (χ0) is 23.2. The number of hydrogen-bond acceptors (Lipinski definition) is 10. The molecule has 3 aromatic rings. The van der Waals surface area contributed by atoms with Crippen LogP contribution >= 0.6 is 11.8 Å². The molecule has 1 fully saturated rings. The Morgan fingerprint density at radius 3 is 2.76 bits per heavy atom. The summed E-state index contributed by atoms with van der Waals surface area (Å²) in [6, 6.07) is 8.68. The van der Waals surface area contributed by atoms with E-state index in [1.54, 1.807) is 31.4 Å². The van der Waals surface area contributed by atoms with Crippen LogP contribution in [0, 0.1) is 0 Å². The van der Waals surface area contributed by atoms with Gasteiger partial charge in [0.15, 0.2) is 0 Å². The number of hydrogen-bond donors (Lipinski definition) is 3. The summed E-state index contributed by atoms with van der Waals surface area (Å²) in [7, 11) is 1.56. The Balaban J connectivity index is 1.50. The van der Waals surface area contributed by atoms with Crippen LogP contribution in [0.15, 0.2) is 40.0 Å². The summed E-state index contributed by atoms with van der Waals surface area (Å²) in [4.78, 5) is 51.7. The van der Waals surface area contributed by atoms with E-state index in [9.17, 15) is 14.4 Å². The monoisotopic (exact) mass is 468 g/mol. The molecule has 2 amide bonds. The Labute approximate surface area is 192 Å². The van der Waals surface area contributed by atoms with Crippen LogP contribution in [0.1, 0.15) is 11.5 Å². The molecule has 0 unspecified atom stereocenters. The van der Waals surface area contributed by atoms with E-state index in [4.69, 9.17) is 9.47 Å². The van der Waals surface area contributed by atoms with Crippen LogP contribution in [0.4, 0.5) is 10.7 Å². The molecule has 1 aliphatic rings. The summed E-state index contributed by atoms with van der Waals surface area (Å²) in [5.41, 5.74) is 0.817. The highest BCUT2D eigenvalue weighted by Crippen LogP contribution is 2.26. The van der Waals surface area contributed by atoms with Crippen LogP contribution in [-0.4, -0.2) is 58.0 Å². The van der Waals surface area contributed by atoms with Crippen LogP contribution in [0.3, 0.4) is 0 Å². The Morgan fingerprint density at radius 1 is 1.12 bits per heavy atom. The summed E-state index contributed by atoms with van der Waals surface area (Å²) in [5, 5.41) is 5.37. The van der Waals surface area contributed by atoms with Gasteiger partial charge in [-0.2, -0.15) is 4.98 Å². The lowest BCUT2D eigenvalue weighted by Gasteiger charge is -2.10. The summed E-state index contributed by atoms with van der Waals surface area (Å²) in [5.74, 6) is 0.586. The first-order chi connectivity index (χ1) is 16.0. The predicted octanol–water partition coefficient (Wildman–Crippen LogP) is 1.72. The van der Waals surface area contributed by atoms with Crippen molar-refractivity contribution >= 4 is 45.8 Å². The molecule has 11 nitrogen and oxygen atoms in total. The minimum atomic E-state index is -0.480. The molecule has 33 heavy (non-hydrogen) atoms. The maximum atomic E-state index is 12.2. The van der Waals surface area contributed by atoms with Crippen molar-refractivity contribution in [3.8, 4) is 5.88 Å². The number of aromatic nitrogens is 4. The van der Waals surface area contributed by atoms with E-state index in [1.165, 1.54) is 6.08 Å². The first-order valence-corrected chi connectivity index (χ1v) is 10.8. The van der Waals surface area contributed by atoms with E-state index < -0.39 is 11.1 Å². The number of carbonyl (C=O) groups excluding carboxylic acids is 2. The molecule has 0 spiro atoms. The average Bonchev–Trinajstić information content (AvgIpc) is 3.10. The molecule has 0 saturated carbocycles. The highest BCUT2D eigenvalue weighted by Gasteiger charge is 2.25. The summed E-state index contributed by atoms with van der Waals surface area (Å²) in [6.45, 7) is 1.03. The van der Waals surface area contributed by atoms with Crippen LogP contribution < -0.4 is 20.9 Å². The van der Waals surface area contributed by atoms with E-state index in [1.807, 2.05) is 6.07 Å². The number of H-pyrrole nitrogens is 1. The number of aromatic amines is 1. The number of para-hydroxylation sites is 1. The molecule has 1 aromatic carbocycles. The zero-order valence-electron chi connectivity index (χ0n) is 17.6. The molecule has 3 heterocycles. The second-order valence-corrected chi connectivity index (χ2v) is 7.87. The molecule has 170 valence electrons. The predicted molar refractivity (Wildman–Crippen MR) is 123 cm³/mol. The number of fused-ring (bicyclic) bond motifs is 1. The van der Waals surface area contributed by atoms with E-state index in [0.29, 0.717) is 42.0 Å². The third-order valence-corrected chi connectivity index (χ3v) is 5.30. The van der Waals surface area contributed by atoms with Gasteiger partial charge in [-0.05, 0) is 30.0 Å². The fraction of sp³-hybridized carbons (Fsp3) is 0.238. The lowest BCUT2D eigenvalue weighted by atomic mass is 10.2. The molecule has 2 aromatic heterocycles. The van der Waals surface area contributed by atoms with Crippen molar-refractivity contribution in [1.29, 1.82) is 0 Å². The topological polar surface area (TPSA) is 148 Å². The number of benzene rings is 1. The number of rotatable bonds is 9. The standard InChI is InChI=1S/C21H20N6O5S/c1-31-8-9-32-17-11-12(10-15-19(29)27-21(30)33-15)23-20(26-17)22-7-6-16-24-14-5-3-2-4-13(14)18(28)25-16/h2-5,10-11H,6-9H2,1H3,(H,22,23,26)(H,24,25,28)(H,27,29,30). The lowest BCUT2D eigenvalue weighted by molar-refractivity contribution is -0.115. The van der Waals surface area contributed by atoms with Crippen LogP contribution in [-0.2, 0) is 16.0 Å². The quantitative estimate of drug-likeness (QED) is 0.313. The van der Waals surface area contributed by atoms with Crippen molar-refractivity contribution in [3.05, 3.63) is 57.1 Å². The number of nitrogens with one attached hydrogen (secondary N) is 3. The van der Waals surface area contributed by atoms with Crippen molar-refractivity contribution < 1.29 is 19.1 Å². The van der Waals surface area contributed by atoms with Crippen molar-refractivity contribution in [2.24, 2.45) is 0 Å². The van der Waals surface area contributed by atoms with Gasteiger partial charge in [-0.25, -0.2) is 9.97 Å². The Bertz CT molecular complexity index is 1290. The van der Waals surface area contributed by atoms with Crippen LogP contribution in [0.25, 0.3) is 17.0 Å². The van der Waals surface area contributed by atoms with Gasteiger partial charge in [0.05, 0.1) is 28.1 Å². The normalized spacial score (nSPS) is 14.6. The van der Waals surface area contributed by atoms with Gasteiger partial charge in [-0.3, -0.25) is 19.7 Å². The van der Waals surface area contributed by atoms with E-state index in [0.717, 1.165) is 11.8 Å². The first-order valence-electron chi connectivity index (χ1n) is 9.99. The smallest absolute Gasteiger partial charge is 0.290 e. The molecule has 0 bridgehead atoms. The van der Waals surface area contributed by atoms with Gasteiger partial charge in [-0.15, -0.1) is 0 Å². The lowest BCUT2D eigenvalue weighted by Crippen LogP contribution is -2.18. The number of thioether (sulfide) groups is 1. The molecule has 0 atom stereocenters. The van der Waals surface area contributed by atoms with Gasteiger partial charge in [0.1, 0.15) is 12.4 Å². The summed E-state index contributed by atoms with van der Waals surface area (Å²) >= 11 is 0.797. The fourth-order valence-corrected chi connectivity index (χ4v) is 3.67. The molecule has 3 N–H and O–H groups in total. The van der Waals surface area contributed by atoms with E-state index >= 15 is 0 Å². The number of carbonyl (C=O) groups is 2. The molecule has 0 radical (unpaired) electrons. The largest absolute Gasteiger partial charge is 0.475 e. The van der Waals surface area contributed by atoms with Crippen molar-refractivity contribution in [1.82, 2.24) is 25.3 Å². The third kappa shape index (κ3) is 5.73. The van der Waals surface area contributed by atoms with Crippen molar-refractivity contribution in [3.63, 3.8) is 0 Å². The number of anilines is 1. The molecule has 1 aliphatic heterocycles. The third-order valence-electron chi connectivity index (χ3n) is 4.49. The minimum absolute atomic E-state index is 0.198. The maximum absolute atomic E-state index is 12.2. The highest BCUT2D eigenvalue weighted by atomic mass is 32.2. The highest BCUT2D eigenvalue weighted by molar-refractivity contribution is 8.18. The number of ether oxygens (including phenoxy) is 2. The number of amides is 2. The molecule has 12 heteroatoms. The Kier molecular flexibility index (Phi) is 6.95. The minimum Gasteiger partial charge on any atom is -0.475 e. The Hall–Kier alpha value is -3.77. The van der Waals surface area contributed by atoms with E-state index in [2.05, 4.69) is 30.6 Å². The number of nitrogens with zero attached hydrogens (tertiary/aromatic N) is 3. The van der Waals surface area contributed by atoms with Gasteiger partial charge in [-0.1, -0.05) is 12.1 Å². The molecule has 1 saturated heterocycles. The molecular formula is C21H20N6O5S. The van der Waals surface area contributed by atoms with Gasteiger partial charge in [0, 0.05) is 26.1 Å². The first kappa shape index (κ1) is 22.4. The van der Waals surface area contributed by atoms with E-state index in [-0.39, 0.29) is 28.9 Å². The van der Waals surface area contributed by atoms with Gasteiger partial charge in [0.2, 0.25) is 11.8 Å². The van der Waals surface area contributed by atoms with Gasteiger partial charge >= 0.3 is 0 Å². The SMILES string of the molecule is COCCOc1cc(C=C2SC(=O)NC2=O)nc(NCCc2nc3ccccc3c(=O)[nH]2)n1. The second-order valence-electron chi connectivity index (χ2n) is 6.85. The molecule has 4 rings (SSSR count). The van der Waals surface area contributed by atoms with Gasteiger partial charge < -0.3 is 19.8 Å². The Morgan fingerprint density at radius 2 is 1.97 bits per heavy atom. The summed E-state index contributed by atoms with van der Waals surface area (Å²) < 4.78 is 10.6. The average molecular weight is 468 g/mol. The fourth-order valence-electron chi connectivity index (χ4n) is 3.00. The molecular weight excluding hydrogens is 448 g/mol. The number of imide groups is 1. The maximum Gasteiger partial charge on any atom is 0.290 e. The molecule has 0 aliphatic carbocycles. The summed E-state index contributed by atoms with van der Waals surface area (Å²) in [6.07, 6.45) is 1.91.